The van der Waals surface area contributed by atoms with Crippen molar-refractivity contribution in [2.45, 2.75) is 31.7 Å². The summed E-state index contributed by atoms with van der Waals surface area (Å²) < 4.78 is 5.42. The molecule has 0 amide bonds. The zero-order valence-corrected chi connectivity index (χ0v) is 10.2. The molecule has 2 heterocycles. The standard InChI is InChI=1S/C11H15NO4S/c1-6-8(12-11(15)17-6)3-2-7-4-9(14)10(5-13)16-7/h2-3,7,9-10,13-14H,4-5H2,1H3,(H,12,15)/b3-2+/t7-,9-,10+/m0/s1. The van der Waals surface area contributed by atoms with Gasteiger partial charge in [0.1, 0.15) is 6.10 Å². The number of H-pyrrole nitrogens is 1. The first-order valence-corrected chi connectivity index (χ1v) is 6.24. The Morgan fingerprint density at radius 1 is 1.65 bits per heavy atom. The van der Waals surface area contributed by atoms with Crippen molar-refractivity contribution in [2.75, 3.05) is 6.61 Å². The van der Waals surface area contributed by atoms with Crippen LogP contribution in [0.1, 0.15) is 17.0 Å². The molecule has 1 aliphatic rings. The monoisotopic (exact) mass is 257 g/mol. The number of aliphatic hydroxyl groups excluding tert-OH is 2. The molecule has 0 unspecified atom stereocenters. The largest absolute Gasteiger partial charge is 0.394 e. The van der Waals surface area contributed by atoms with Gasteiger partial charge < -0.3 is 19.9 Å². The number of ether oxygens (including phenoxy) is 1. The fourth-order valence-corrected chi connectivity index (χ4v) is 2.50. The predicted molar refractivity (Wildman–Crippen MR) is 65.1 cm³/mol. The number of aryl methyl sites for hydroxylation is 1. The van der Waals surface area contributed by atoms with E-state index in [1.165, 1.54) is 0 Å². The first-order chi connectivity index (χ1) is 8.10. The zero-order valence-electron chi connectivity index (χ0n) is 9.42. The summed E-state index contributed by atoms with van der Waals surface area (Å²) in [5.74, 6) is 0. The molecule has 5 nitrogen and oxygen atoms in total. The maximum atomic E-state index is 11.1. The number of aliphatic hydroxyl groups is 2. The van der Waals surface area contributed by atoms with Crippen molar-refractivity contribution < 1.29 is 14.9 Å². The van der Waals surface area contributed by atoms with Crippen molar-refractivity contribution in [2.24, 2.45) is 0 Å². The van der Waals surface area contributed by atoms with Crippen LogP contribution in [-0.2, 0) is 4.74 Å². The summed E-state index contributed by atoms with van der Waals surface area (Å²) in [5.41, 5.74) is 0.769. The van der Waals surface area contributed by atoms with E-state index >= 15 is 0 Å². The van der Waals surface area contributed by atoms with Crippen molar-refractivity contribution in [3.63, 3.8) is 0 Å². The first kappa shape index (κ1) is 12.5. The van der Waals surface area contributed by atoms with Crippen molar-refractivity contribution in [3.05, 3.63) is 26.3 Å². The van der Waals surface area contributed by atoms with Crippen LogP contribution in [0.4, 0.5) is 0 Å². The van der Waals surface area contributed by atoms with E-state index in [-0.39, 0.29) is 17.6 Å². The van der Waals surface area contributed by atoms with Crippen LogP contribution in [0.15, 0.2) is 10.9 Å². The van der Waals surface area contributed by atoms with E-state index in [0.717, 1.165) is 21.9 Å². The Morgan fingerprint density at radius 2 is 2.41 bits per heavy atom. The second-order valence-corrected chi connectivity index (χ2v) is 5.23. The van der Waals surface area contributed by atoms with Gasteiger partial charge in [0, 0.05) is 11.3 Å². The normalized spacial score (nSPS) is 29.2. The highest BCUT2D eigenvalue weighted by molar-refractivity contribution is 7.09. The molecule has 17 heavy (non-hydrogen) atoms. The molecule has 0 bridgehead atoms. The number of nitrogens with one attached hydrogen (secondary N) is 1. The Morgan fingerprint density at radius 3 is 2.94 bits per heavy atom. The zero-order chi connectivity index (χ0) is 12.4. The lowest BCUT2D eigenvalue weighted by Gasteiger charge is -2.09. The summed E-state index contributed by atoms with van der Waals surface area (Å²) in [6.45, 7) is 1.68. The van der Waals surface area contributed by atoms with E-state index in [1.807, 2.05) is 6.92 Å². The van der Waals surface area contributed by atoms with E-state index in [0.29, 0.717) is 6.42 Å². The SMILES string of the molecule is Cc1sc(=O)[nH]c1/C=C/[C@H]1C[C@H](O)[C@@H](CO)O1. The molecular formula is C11H15NO4S. The van der Waals surface area contributed by atoms with Crippen LogP contribution in [0, 0.1) is 6.92 Å². The molecule has 1 aromatic rings. The van der Waals surface area contributed by atoms with Gasteiger partial charge in [-0.3, -0.25) is 4.79 Å². The lowest BCUT2D eigenvalue weighted by molar-refractivity contribution is -0.0105. The molecule has 0 radical (unpaired) electrons. The fraction of sp³-hybridized carbons (Fsp3) is 0.545. The third kappa shape index (κ3) is 2.84. The Balaban J connectivity index is 2.03. The molecule has 0 aromatic carbocycles. The molecule has 0 spiro atoms. The molecule has 1 saturated heterocycles. The summed E-state index contributed by atoms with van der Waals surface area (Å²) in [6.07, 6.45) is 2.69. The van der Waals surface area contributed by atoms with Gasteiger partial charge in [-0.05, 0) is 13.0 Å². The van der Waals surface area contributed by atoms with Crippen molar-refractivity contribution in [1.82, 2.24) is 4.98 Å². The first-order valence-electron chi connectivity index (χ1n) is 5.42. The highest BCUT2D eigenvalue weighted by Gasteiger charge is 2.31. The van der Waals surface area contributed by atoms with Crippen molar-refractivity contribution in [3.8, 4) is 0 Å². The number of aromatic nitrogens is 1. The van der Waals surface area contributed by atoms with E-state index in [4.69, 9.17) is 9.84 Å². The molecule has 3 atom stereocenters. The smallest absolute Gasteiger partial charge is 0.305 e. The lowest BCUT2D eigenvalue weighted by atomic mass is 10.1. The van der Waals surface area contributed by atoms with Crippen LogP contribution < -0.4 is 4.87 Å². The maximum absolute atomic E-state index is 11.1. The molecular weight excluding hydrogens is 242 g/mol. The average Bonchev–Trinajstić information content (AvgIpc) is 2.79. The highest BCUT2D eigenvalue weighted by atomic mass is 32.1. The molecule has 6 heteroatoms. The summed E-state index contributed by atoms with van der Waals surface area (Å²) in [6, 6.07) is 0. The average molecular weight is 257 g/mol. The molecule has 1 fully saturated rings. The fourth-order valence-electron chi connectivity index (χ4n) is 1.83. The number of hydrogen-bond acceptors (Lipinski definition) is 5. The molecule has 0 saturated carbocycles. The Bertz CT molecular complexity index is 464. The lowest BCUT2D eigenvalue weighted by Crippen LogP contribution is -2.24. The van der Waals surface area contributed by atoms with Gasteiger partial charge in [-0.2, -0.15) is 0 Å². The van der Waals surface area contributed by atoms with Crippen LogP contribution in [0.5, 0.6) is 0 Å². The third-order valence-electron chi connectivity index (χ3n) is 2.77. The second kappa shape index (κ2) is 5.14. The van der Waals surface area contributed by atoms with Gasteiger partial charge >= 0.3 is 4.87 Å². The van der Waals surface area contributed by atoms with Crippen LogP contribution in [0.3, 0.4) is 0 Å². The number of aromatic amines is 1. The maximum Gasteiger partial charge on any atom is 0.305 e. The quantitative estimate of drug-likeness (QED) is 0.726. The van der Waals surface area contributed by atoms with E-state index in [9.17, 15) is 9.90 Å². The third-order valence-corrected chi connectivity index (χ3v) is 3.59. The van der Waals surface area contributed by atoms with Gasteiger partial charge in [-0.25, -0.2) is 0 Å². The van der Waals surface area contributed by atoms with Crippen LogP contribution in [0.2, 0.25) is 0 Å². The summed E-state index contributed by atoms with van der Waals surface area (Å²) in [4.78, 5) is 14.6. The minimum Gasteiger partial charge on any atom is -0.394 e. The van der Waals surface area contributed by atoms with E-state index in [2.05, 4.69) is 4.98 Å². The molecule has 2 rings (SSSR count). The van der Waals surface area contributed by atoms with Gasteiger partial charge in [0.15, 0.2) is 0 Å². The van der Waals surface area contributed by atoms with Crippen molar-refractivity contribution >= 4 is 17.4 Å². The van der Waals surface area contributed by atoms with Crippen LogP contribution >= 0.6 is 11.3 Å². The van der Waals surface area contributed by atoms with Gasteiger partial charge in [-0.15, -0.1) is 0 Å². The van der Waals surface area contributed by atoms with Gasteiger partial charge in [0.05, 0.1) is 24.5 Å². The Hall–Kier alpha value is -0.950. The molecule has 3 N–H and O–H groups in total. The number of thiazole rings is 1. The second-order valence-electron chi connectivity index (χ2n) is 4.04. The van der Waals surface area contributed by atoms with Crippen LogP contribution in [-0.4, -0.2) is 40.1 Å². The topological polar surface area (TPSA) is 82.6 Å². The van der Waals surface area contributed by atoms with Crippen LogP contribution in [0.25, 0.3) is 6.08 Å². The minimum atomic E-state index is -0.628. The molecule has 1 aliphatic heterocycles. The summed E-state index contributed by atoms with van der Waals surface area (Å²) >= 11 is 1.16. The highest BCUT2D eigenvalue weighted by Crippen LogP contribution is 2.22. The molecule has 0 aliphatic carbocycles. The summed E-state index contributed by atoms with van der Waals surface area (Å²) in [7, 11) is 0. The summed E-state index contributed by atoms with van der Waals surface area (Å²) in [5, 5.41) is 18.5. The Kier molecular flexibility index (Phi) is 3.78. The van der Waals surface area contributed by atoms with E-state index in [1.54, 1.807) is 12.2 Å². The minimum absolute atomic E-state index is 0.0808. The number of hydrogen-bond donors (Lipinski definition) is 3. The molecule has 1 aromatic heterocycles. The van der Waals surface area contributed by atoms with Crippen molar-refractivity contribution in [1.29, 1.82) is 0 Å². The molecule has 94 valence electrons. The number of rotatable bonds is 3. The Labute approximate surface area is 102 Å². The van der Waals surface area contributed by atoms with Gasteiger partial charge in [0.25, 0.3) is 0 Å². The predicted octanol–water partition coefficient (Wildman–Crippen LogP) is 0.269. The van der Waals surface area contributed by atoms with Gasteiger partial charge in [0.2, 0.25) is 0 Å². The van der Waals surface area contributed by atoms with Gasteiger partial charge in [-0.1, -0.05) is 17.4 Å². The van der Waals surface area contributed by atoms with E-state index < -0.39 is 12.2 Å².